The van der Waals surface area contributed by atoms with Gasteiger partial charge in [-0.25, -0.2) is 0 Å². The number of likely N-dealkylation sites (N-methyl/N-ethyl adjacent to an activating group) is 1. The number of hydrogen-bond donors (Lipinski definition) is 1. The summed E-state index contributed by atoms with van der Waals surface area (Å²) in [6.45, 7) is 6.39. The first kappa shape index (κ1) is 13.6. The number of rotatable bonds is 6. The minimum Gasteiger partial charge on any atom is -0.460 e. The molecule has 0 aliphatic carbocycles. The van der Waals surface area contributed by atoms with E-state index in [1.807, 2.05) is 49.1 Å². The fraction of sp³-hybridized carbons (Fsp3) is 0.400. The third kappa shape index (κ3) is 3.35. The molecular weight excluding hydrogens is 240 g/mol. The molecule has 1 aromatic carbocycles. The van der Waals surface area contributed by atoms with Gasteiger partial charge >= 0.3 is 0 Å². The molecule has 0 radical (unpaired) electrons. The average molecular weight is 260 g/mol. The number of para-hydroxylation sites is 1. The quantitative estimate of drug-likeness (QED) is 0.867. The van der Waals surface area contributed by atoms with Gasteiger partial charge in [-0.05, 0) is 26.0 Å². The van der Waals surface area contributed by atoms with Crippen molar-refractivity contribution in [1.29, 1.82) is 0 Å². The van der Waals surface area contributed by atoms with Crippen LogP contribution in [0.25, 0.3) is 11.0 Å². The third-order valence-corrected chi connectivity index (χ3v) is 3.17. The monoisotopic (exact) mass is 260 g/mol. The molecule has 0 saturated heterocycles. The molecule has 1 N–H and O–H groups in total. The normalized spacial score (nSPS) is 10.8. The summed E-state index contributed by atoms with van der Waals surface area (Å²) in [5.41, 5.74) is 0.884. The minimum absolute atomic E-state index is 0.126. The summed E-state index contributed by atoms with van der Waals surface area (Å²) in [4.78, 5) is 13.6. The number of nitrogens with zero attached hydrogens (tertiary/aromatic N) is 1. The van der Waals surface area contributed by atoms with Crippen molar-refractivity contribution in [2.45, 2.75) is 20.4 Å². The molecule has 0 unspecified atom stereocenters. The fourth-order valence-electron chi connectivity index (χ4n) is 2.10. The van der Waals surface area contributed by atoms with Crippen molar-refractivity contribution in [3.63, 3.8) is 0 Å². The molecule has 0 saturated carbocycles. The van der Waals surface area contributed by atoms with Crippen LogP contribution in [0.2, 0.25) is 0 Å². The summed E-state index contributed by atoms with van der Waals surface area (Å²) < 4.78 is 5.68. The van der Waals surface area contributed by atoms with Crippen molar-refractivity contribution in [3.05, 3.63) is 36.1 Å². The van der Waals surface area contributed by atoms with Crippen molar-refractivity contribution in [2.24, 2.45) is 0 Å². The Kier molecular flexibility index (Phi) is 4.58. The number of nitrogens with one attached hydrogen (secondary N) is 1. The lowest BCUT2D eigenvalue weighted by atomic mass is 10.2. The van der Waals surface area contributed by atoms with Crippen molar-refractivity contribution >= 4 is 16.9 Å². The molecule has 1 aromatic heterocycles. The zero-order valence-electron chi connectivity index (χ0n) is 11.5. The zero-order chi connectivity index (χ0) is 13.7. The molecule has 0 aliphatic heterocycles. The van der Waals surface area contributed by atoms with E-state index in [1.165, 1.54) is 0 Å². The number of hydrogen-bond acceptors (Lipinski definition) is 3. The van der Waals surface area contributed by atoms with Gasteiger partial charge in [-0.2, -0.15) is 0 Å². The van der Waals surface area contributed by atoms with Gasteiger partial charge in [0.2, 0.25) is 5.91 Å². The van der Waals surface area contributed by atoms with Gasteiger partial charge < -0.3 is 14.6 Å². The standard InChI is InChI=1S/C15H20N2O2/c1-3-17(4-2)15(18)11-16-10-13-9-12-7-5-6-8-14(12)19-13/h5-9,16H,3-4,10-11H2,1-2H3. The molecule has 19 heavy (non-hydrogen) atoms. The van der Waals surface area contributed by atoms with Crippen LogP contribution in [0.4, 0.5) is 0 Å². The van der Waals surface area contributed by atoms with Crippen LogP contribution in [0.1, 0.15) is 19.6 Å². The Hall–Kier alpha value is -1.81. The molecule has 0 aliphatic rings. The number of carbonyl (C=O) groups excluding carboxylic acids is 1. The summed E-state index contributed by atoms with van der Waals surface area (Å²) in [7, 11) is 0. The maximum Gasteiger partial charge on any atom is 0.236 e. The minimum atomic E-state index is 0.126. The number of benzene rings is 1. The van der Waals surface area contributed by atoms with E-state index >= 15 is 0 Å². The van der Waals surface area contributed by atoms with Crippen LogP contribution < -0.4 is 5.32 Å². The molecule has 1 amide bonds. The maximum absolute atomic E-state index is 11.8. The number of furan rings is 1. The Morgan fingerprint density at radius 2 is 2.00 bits per heavy atom. The Labute approximate surface area is 113 Å². The van der Waals surface area contributed by atoms with Gasteiger partial charge in [0.05, 0.1) is 13.1 Å². The second kappa shape index (κ2) is 6.38. The number of carbonyl (C=O) groups is 1. The van der Waals surface area contributed by atoms with Crippen LogP contribution in [-0.4, -0.2) is 30.4 Å². The van der Waals surface area contributed by atoms with E-state index in [9.17, 15) is 4.79 Å². The fourth-order valence-corrected chi connectivity index (χ4v) is 2.10. The number of fused-ring (bicyclic) bond motifs is 1. The molecule has 1 heterocycles. The van der Waals surface area contributed by atoms with Gasteiger partial charge in [-0.15, -0.1) is 0 Å². The smallest absolute Gasteiger partial charge is 0.236 e. The predicted molar refractivity (Wildman–Crippen MR) is 75.8 cm³/mol. The molecule has 0 bridgehead atoms. The summed E-state index contributed by atoms with van der Waals surface area (Å²) in [6, 6.07) is 9.90. The Morgan fingerprint density at radius 1 is 1.26 bits per heavy atom. The first-order chi connectivity index (χ1) is 9.24. The predicted octanol–water partition coefficient (Wildman–Crippen LogP) is 2.39. The average Bonchev–Trinajstić information content (AvgIpc) is 2.82. The molecule has 0 fully saturated rings. The Morgan fingerprint density at radius 3 is 2.68 bits per heavy atom. The SMILES string of the molecule is CCN(CC)C(=O)CNCc1cc2ccccc2o1. The molecule has 0 spiro atoms. The van der Waals surface area contributed by atoms with E-state index in [4.69, 9.17) is 4.42 Å². The van der Waals surface area contributed by atoms with Crippen LogP contribution in [0.5, 0.6) is 0 Å². The van der Waals surface area contributed by atoms with E-state index < -0.39 is 0 Å². The van der Waals surface area contributed by atoms with Crippen LogP contribution >= 0.6 is 0 Å². The van der Waals surface area contributed by atoms with Gasteiger partial charge in [-0.1, -0.05) is 18.2 Å². The lowest BCUT2D eigenvalue weighted by Gasteiger charge is -2.18. The van der Waals surface area contributed by atoms with Gasteiger partial charge in [0.1, 0.15) is 11.3 Å². The van der Waals surface area contributed by atoms with E-state index in [0.717, 1.165) is 29.8 Å². The van der Waals surface area contributed by atoms with Crippen LogP contribution in [-0.2, 0) is 11.3 Å². The van der Waals surface area contributed by atoms with Gasteiger partial charge in [0, 0.05) is 18.5 Å². The summed E-state index contributed by atoms with van der Waals surface area (Å²) in [5.74, 6) is 0.981. The maximum atomic E-state index is 11.8. The molecule has 2 rings (SSSR count). The first-order valence-corrected chi connectivity index (χ1v) is 6.70. The Balaban J connectivity index is 1.87. The largest absolute Gasteiger partial charge is 0.460 e. The summed E-state index contributed by atoms with van der Waals surface area (Å²) in [5, 5.41) is 4.22. The van der Waals surface area contributed by atoms with Gasteiger partial charge in [-0.3, -0.25) is 4.79 Å². The van der Waals surface area contributed by atoms with Crippen LogP contribution in [0, 0.1) is 0 Å². The topological polar surface area (TPSA) is 45.5 Å². The van der Waals surface area contributed by atoms with Crippen molar-refractivity contribution in [3.8, 4) is 0 Å². The molecule has 102 valence electrons. The molecule has 4 nitrogen and oxygen atoms in total. The molecule has 0 atom stereocenters. The van der Waals surface area contributed by atoms with Crippen molar-refractivity contribution in [1.82, 2.24) is 10.2 Å². The molecule has 2 aromatic rings. The highest BCUT2D eigenvalue weighted by Gasteiger charge is 2.09. The van der Waals surface area contributed by atoms with E-state index in [-0.39, 0.29) is 5.91 Å². The van der Waals surface area contributed by atoms with E-state index in [0.29, 0.717) is 13.1 Å². The van der Waals surface area contributed by atoms with Crippen LogP contribution in [0.3, 0.4) is 0 Å². The third-order valence-electron chi connectivity index (χ3n) is 3.17. The van der Waals surface area contributed by atoms with E-state index in [2.05, 4.69) is 5.32 Å². The Bertz CT molecular complexity index is 511. The zero-order valence-corrected chi connectivity index (χ0v) is 11.5. The molecule has 4 heteroatoms. The molecular formula is C15H20N2O2. The lowest BCUT2D eigenvalue weighted by molar-refractivity contribution is -0.129. The summed E-state index contributed by atoms with van der Waals surface area (Å²) in [6.07, 6.45) is 0. The van der Waals surface area contributed by atoms with Crippen LogP contribution in [0.15, 0.2) is 34.7 Å². The first-order valence-electron chi connectivity index (χ1n) is 6.70. The highest BCUT2D eigenvalue weighted by atomic mass is 16.3. The van der Waals surface area contributed by atoms with Gasteiger partial charge in [0.25, 0.3) is 0 Å². The second-order valence-electron chi connectivity index (χ2n) is 4.42. The highest BCUT2D eigenvalue weighted by Crippen LogP contribution is 2.18. The lowest BCUT2D eigenvalue weighted by Crippen LogP contribution is -2.37. The summed E-state index contributed by atoms with van der Waals surface area (Å²) >= 11 is 0. The number of amides is 1. The highest BCUT2D eigenvalue weighted by molar-refractivity contribution is 5.78. The van der Waals surface area contributed by atoms with Gasteiger partial charge in [0.15, 0.2) is 0 Å². The van der Waals surface area contributed by atoms with Crippen molar-refractivity contribution in [2.75, 3.05) is 19.6 Å². The second-order valence-corrected chi connectivity index (χ2v) is 4.42. The van der Waals surface area contributed by atoms with E-state index in [1.54, 1.807) is 0 Å². The van der Waals surface area contributed by atoms with Crippen molar-refractivity contribution < 1.29 is 9.21 Å².